The minimum absolute atomic E-state index is 0.0488. The highest BCUT2D eigenvalue weighted by Crippen LogP contribution is 2.39. The van der Waals surface area contributed by atoms with Crippen LogP contribution in [0.3, 0.4) is 0 Å². The fraction of sp³-hybridized carbons (Fsp3) is 0.478. The Morgan fingerprint density at radius 1 is 1.02 bits per heavy atom. The van der Waals surface area contributed by atoms with Gasteiger partial charge in [-0.15, -0.1) is 0 Å². The van der Waals surface area contributed by atoms with Crippen molar-refractivity contribution < 1.29 is 60.1 Å². The van der Waals surface area contributed by atoms with Gasteiger partial charge >= 0.3 is 24.3 Å². The number of hydrogen-bond donors (Lipinski definition) is 2. The monoisotopic (exact) mass is 599 g/mol. The first-order valence-corrected chi connectivity index (χ1v) is 11.6. The normalized spacial score (nSPS) is 18.1. The number of hydrogen-bond acceptors (Lipinski definition) is 8. The van der Waals surface area contributed by atoms with Gasteiger partial charge in [0.15, 0.2) is 5.82 Å². The highest BCUT2D eigenvalue weighted by Gasteiger charge is 2.51. The summed E-state index contributed by atoms with van der Waals surface area (Å²) >= 11 is 0. The van der Waals surface area contributed by atoms with E-state index < -0.39 is 30.1 Å². The molecule has 0 bridgehead atoms. The molecule has 2 saturated heterocycles. The number of aliphatic carboxylic acids is 2. The third-order valence-corrected chi connectivity index (χ3v) is 6.06. The number of likely N-dealkylation sites (tertiary alicyclic amines) is 2. The van der Waals surface area contributed by atoms with Gasteiger partial charge in [-0.25, -0.2) is 23.9 Å². The van der Waals surface area contributed by atoms with E-state index in [1.165, 1.54) is 24.7 Å². The highest BCUT2D eigenvalue weighted by atomic mass is 19.4. The van der Waals surface area contributed by atoms with E-state index in [4.69, 9.17) is 24.5 Å². The summed E-state index contributed by atoms with van der Waals surface area (Å²) in [6.07, 6.45) is -2.18. The molecule has 4 heterocycles. The molecule has 0 aliphatic carbocycles. The summed E-state index contributed by atoms with van der Waals surface area (Å²) in [5.41, 5.74) is 0.323. The summed E-state index contributed by atoms with van der Waals surface area (Å²) in [5, 5.41) is 14.2. The Kier molecular flexibility index (Phi) is 10.9. The molecule has 2 aromatic rings. The molecule has 1 spiro atoms. The molecular weight excluding hydrogens is 575 g/mol. The average Bonchev–Trinajstić information content (AvgIpc) is 2.87. The number of ether oxygens (including phenoxy) is 1. The molecule has 41 heavy (non-hydrogen) atoms. The van der Waals surface area contributed by atoms with Crippen LogP contribution in [0.2, 0.25) is 0 Å². The molecule has 1 atom stereocenters. The van der Waals surface area contributed by atoms with Gasteiger partial charge in [0.05, 0.1) is 18.3 Å². The second kappa shape index (κ2) is 13.5. The number of likely N-dealkylation sites (N-methyl/N-ethyl adjacent to an activating group) is 1. The molecular formula is C23H24F7N5O6. The van der Waals surface area contributed by atoms with Crippen molar-refractivity contribution in [1.82, 2.24) is 24.8 Å². The Morgan fingerprint density at radius 3 is 2.10 bits per heavy atom. The van der Waals surface area contributed by atoms with Crippen LogP contribution in [0.4, 0.5) is 30.7 Å². The lowest BCUT2D eigenvalue weighted by molar-refractivity contribution is -0.193. The van der Waals surface area contributed by atoms with E-state index in [-0.39, 0.29) is 17.3 Å². The van der Waals surface area contributed by atoms with E-state index in [1.807, 2.05) is 4.90 Å². The van der Waals surface area contributed by atoms with Gasteiger partial charge in [0.2, 0.25) is 5.88 Å². The van der Waals surface area contributed by atoms with Crippen molar-refractivity contribution in [3.63, 3.8) is 0 Å². The Labute approximate surface area is 227 Å². The molecule has 2 fully saturated rings. The first kappa shape index (κ1) is 33.1. The lowest BCUT2D eigenvalue weighted by atomic mass is 9.75. The van der Waals surface area contributed by atoms with Crippen LogP contribution >= 0.6 is 0 Å². The van der Waals surface area contributed by atoms with E-state index in [9.17, 15) is 35.5 Å². The number of carboxylic acid groups (broad SMARTS) is 2. The maximum absolute atomic E-state index is 13.7. The van der Waals surface area contributed by atoms with Crippen LogP contribution in [0, 0.1) is 11.7 Å². The van der Waals surface area contributed by atoms with Gasteiger partial charge in [0.1, 0.15) is 5.69 Å². The Morgan fingerprint density at radius 2 is 1.61 bits per heavy atom. The van der Waals surface area contributed by atoms with E-state index in [1.54, 1.807) is 12.3 Å². The predicted octanol–water partition coefficient (Wildman–Crippen LogP) is 2.89. The number of rotatable bonds is 4. The number of nitrogens with zero attached hydrogens (tertiary/aromatic N) is 5. The van der Waals surface area contributed by atoms with Crippen LogP contribution in [0.1, 0.15) is 23.3 Å². The van der Waals surface area contributed by atoms with Gasteiger partial charge in [-0.05, 0) is 44.5 Å². The van der Waals surface area contributed by atoms with E-state index >= 15 is 0 Å². The number of carbonyl (C=O) groups excluding carboxylic acids is 1. The molecule has 0 saturated carbocycles. The summed E-state index contributed by atoms with van der Waals surface area (Å²) in [6, 6.07) is 2.89. The number of halogens is 7. The first-order valence-electron chi connectivity index (χ1n) is 11.6. The van der Waals surface area contributed by atoms with Crippen molar-refractivity contribution >= 4 is 17.8 Å². The Hall–Kier alpha value is -4.09. The van der Waals surface area contributed by atoms with Crippen LogP contribution in [0.5, 0.6) is 5.88 Å². The smallest absolute Gasteiger partial charge is 0.475 e. The predicted molar refractivity (Wildman–Crippen MR) is 123 cm³/mol. The van der Waals surface area contributed by atoms with Gasteiger partial charge < -0.3 is 19.8 Å². The zero-order chi connectivity index (χ0) is 31.0. The second-order valence-electron chi connectivity index (χ2n) is 8.96. The fourth-order valence-electron chi connectivity index (χ4n) is 3.97. The molecule has 0 radical (unpaired) electrons. The van der Waals surface area contributed by atoms with Gasteiger partial charge in [-0.1, -0.05) is 0 Å². The molecule has 1 amide bonds. The number of alkyl halides is 6. The van der Waals surface area contributed by atoms with Crippen molar-refractivity contribution in [3.05, 3.63) is 48.4 Å². The molecule has 2 aliphatic rings. The van der Waals surface area contributed by atoms with E-state index in [0.717, 1.165) is 19.4 Å². The molecule has 2 aromatic heterocycles. The van der Waals surface area contributed by atoms with E-state index in [2.05, 4.69) is 26.9 Å². The van der Waals surface area contributed by atoms with Crippen molar-refractivity contribution in [2.45, 2.75) is 30.7 Å². The summed E-state index contributed by atoms with van der Waals surface area (Å²) in [7, 11) is 2.10. The molecule has 2 N–H and O–H groups in total. The quantitative estimate of drug-likeness (QED) is 0.503. The van der Waals surface area contributed by atoms with Crippen LogP contribution < -0.4 is 4.74 Å². The lowest BCUT2D eigenvalue weighted by Crippen LogP contribution is -2.72. The van der Waals surface area contributed by atoms with Gasteiger partial charge in [-0.2, -0.15) is 26.3 Å². The average molecular weight is 599 g/mol. The maximum atomic E-state index is 13.7. The molecule has 1 unspecified atom stereocenters. The molecule has 18 heteroatoms. The zero-order valence-electron chi connectivity index (χ0n) is 21.2. The summed E-state index contributed by atoms with van der Waals surface area (Å²) < 4.78 is 82.8. The number of aromatic nitrogens is 3. The van der Waals surface area contributed by atoms with Gasteiger partial charge in [0, 0.05) is 31.7 Å². The van der Waals surface area contributed by atoms with Gasteiger partial charge in [-0.3, -0.25) is 14.7 Å². The minimum Gasteiger partial charge on any atom is -0.475 e. The minimum atomic E-state index is -5.08. The van der Waals surface area contributed by atoms with Crippen LogP contribution in [-0.4, -0.2) is 104 Å². The van der Waals surface area contributed by atoms with Gasteiger partial charge in [0.25, 0.3) is 5.91 Å². The zero-order valence-corrected chi connectivity index (χ0v) is 21.2. The Bertz CT molecular complexity index is 1170. The SMILES string of the molecule is CN1CCC(COc2ncccc2F)CC12CN(C(=O)c1cnccn1)C2.O=C(O)C(F)(F)F.O=C(O)C(F)(F)F. The molecule has 11 nitrogen and oxygen atoms in total. The Balaban J connectivity index is 0.000000349. The molecule has 2 aliphatic heterocycles. The van der Waals surface area contributed by atoms with Crippen LogP contribution in [0.25, 0.3) is 0 Å². The van der Waals surface area contributed by atoms with Crippen molar-refractivity contribution in [2.75, 3.05) is 33.3 Å². The number of carboxylic acids is 2. The summed E-state index contributed by atoms with van der Waals surface area (Å²) in [4.78, 5) is 46.4. The second-order valence-corrected chi connectivity index (χ2v) is 8.96. The lowest BCUT2D eigenvalue weighted by Gasteiger charge is -2.58. The highest BCUT2D eigenvalue weighted by molar-refractivity contribution is 5.92. The standard InChI is InChI=1S/C19H22FN5O2.2C2HF3O2/c1-24-8-4-14(11-27-17-15(20)3-2-5-23-17)9-19(24)12-25(13-19)18(26)16-10-21-6-7-22-16;2*3-2(4,5)1(6)7/h2-3,5-7,10,14H,4,8-9,11-13H2,1H3;2*(H,6,7). The maximum Gasteiger partial charge on any atom is 0.490 e. The summed E-state index contributed by atoms with van der Waals surface area (Å²) in [5.74, 6) is -5.68. The van der Waals surface area contributed by atoms with Crippen molar-refractivity contribution in [1.29, 1.82) is 0 Å². The number of pyridine rings is 1. The third-order valence-electron chi connectivity index (χ3n) is 6.06. The molecule has 0 aromatic carbocycles. The fourth-order valence-corrected chi connectivity index (χ4v) is 3.97. The first-order chi connectivity index (χ1) is 19.0. The van der Waals surface area contributed by atoms with E-state index in [0.29, 0.717) is 31.3 Å². The number of piperidine rings is 1. The summed E-state index contributed by atoms with van der Waals surface area (Å²) in [6.45, 7) is 2.67. The molecule has 226 valence electrons. The molecule has 4 rings (SSSR count). The van der Waals surface area contributed by atoms with Crippen molar-refractivity contribution in [3.8, 4) is 5.88 Å². The third kappa shape index (κ3) is 9.51. The van der Waals surface area contributed by atoms with Crippen LogP contribution in [0.15, 0.2) is 36.9 Å². The van der Waals surface area contributed by atoms with Crippen LogP contribution in [-0.2, 0) is 9.59 Å². The number of amides is 1. The van der Waals surface area contributed by atoms with Crippen molar-refractivity contribution in [2.24, 2.45) is 5.92 Å². The topological polar surface area (TPSA) is 146 Å². The largest absolute Gasteiger partial charge is 0.490 e. The number of carbonyl (C=O) groups is 3.